The number of nitrogens with zero attached hydrogens (tertiary/aromatic N) is 2. The minimum absolute atomic E-state index is 0.0989. The molecule has 1 rings (SSSR count). The van der Waals surface area contributed by atoms with Gasteiger partial charge in [-0.1, -0.05) is 6.92 Å². The van der Waals surface area contributed by atoms with Crippen molar-refractivity contribution in [3.05, 3.63) is 26.4 Å². The van der Waals surface area contributed by atoms with Gasteiger partial charge in [0.05, 0.1) is 0 Å². The predicted octanol–water partition coefficient (Wildman–Crippen LogP) is -0.109. The van der Waals surface area contributed by atoms with E-state index in [1.165, 1.54) is 4.57 Å². The van der Waals surface area contributed by atoms with Crippen LogP contribution in [0.2, 0.25) is 0 Å². The molecular weight excluding hydrogens is 218 g/mol. The number of nitrogen functional groups attached to an aromatic ring is 1. The van der Waals surface area contributed by atoms with Crippen LogP contribution in [0.1, 0.15) is 23.0 Å². The summed E-state index contributed by atoms with van der Waals surface area (Å²) >= 11 is 4.89. The van der Waals surface area contributed by atoms with E-state index in [9.17, 15) is 9.59 Å². The summed E-state index contributed by atoms with van der Waals surface area (Å²) in [6, 6.07) is 0. The van der Waals surface area contributed by atoms with Crippen molar-refractivity contribution in [3.63, 3.8) is 0 Å². The van der Waals surface area contributed by atoms with Gasteiger partial charge in [-0.25, -0.2) is 4.79 Å². The van der Waals surface area contributed by atoms with Crippen molar-refractivity contribution in [2.45, 2.75) is 13.3 Å². The predicted molar refractivity (Wildman–Crippen MR) is 57.0 cm³/mol. The highest BCUT2D eigenvalue weighted by Crippen LogP contribution is 2.04. The molecule has 0 spiro atoms. The van der Waals surface area contributed by atoms with Crippen LogP contribution in [0.25, 0.3) is 0 Å². The highest BCUT2D eigenvalue weighted by molar-refractivity contribution is 7.71. The first kappa shape index (κ1) is 11.4. The van der Waals surface area contributed by atoms with Gasteiger partial charge in [0.2, 0.25) is 4.77 Å². The van der Waals surface area contributed by atoms with Crippen LogP contribution in [-0.2, 0) is 13.5 Å². The first-order valence-electron chi connectivity index (χ1n) is 4.25. The maximum atomic E-state index is 11.5. The van der Waals surface area contributed by atoms with Gasteiger partial charge in [-0.3, -0.25) is 4.79 Å². The lowest BCUT2D eigenvalue weighted by molar-refractivity contribution is 0.0691. The van der Waals surface area contributed by atoms with E-state index in [-0.39, 0.29) is 10.3 Å². The molecule has 0 aliphatic rings. The van der Waals surface area contributed by atoms with Gasteiger partial charge >= 0.3 is 5.97 Å². The van der Waals surface area contributed by atoms with Crippen molar-refractivity contribution < 1.29 is 9.90 Å². The van der Waals surface area contributed by atoms with Gasteiger partial charge in [-0.05, 0) is 18.6 Å². The van der Waals surface area contributed by atoms with Gasteiger partial charge in [0.25, 0.3) is 5.56 Å². The highest BCUT2D eigenvalue weighted by Gasteiger charge is 2.18. The molecule has 1 aromatic rings. The zero-order chi connectivity index (χ0) is 11.7. The van der Waals surface area contributed by atoms with Gasteiger partial charge in [0.15, 0.2) is 0 Å². The Balaban J connectivity index is 3.87. The topological polar surface area (TPSA) is 90.2 Å². The molecule has 0 radical (unpaired) electrons. The Kier molecular flexibility index (Phi) is 2.94. The average molecular weight is 229 g/mol. The van der Waals surface area contributed by atoms with E-state index >= 15 is 0 Å². The number of carboxylic acids is 1. The monoisotopic (exact) mass is 229 g/mol. The second kappa shape index (κ2) is 3.85. The summed E-state index contributed by atoms with van der Waals surface area (Å²) in [4.78, 5) is 22.4. The van der Waals surface area contributed by atoms with E-state index in [1.807, 2.05) is 0 Å². The number of hydrogen-bond donors (Lipinski definition) is 2. The SMILES string of the molecule is CCc1c(C(=O)O)c(=O)n(N)c(=S)n1C. The lowest BCUT2D eigenvalue weighted by atomic mass is 10.2. The summed E-state index contributed by atoms with van der Waals surface area (Å²) in [5.41, 5.74) is -0.724. The molecule has 1 heterocycles. The molecule has 0 bridgehead atoms. The molecule has 82 valence electrons. The zero-order valence-corrected chi connectivity index (χ0v) is 9.17. The van der Waals surface area contributed by atoms with Crippen LogP contribution >= 0.6 is 12.2 Å². The van der Waals surface area contributed by atoms with E-state index < -0.39 is 11.5 Å². The van der Waals surface area contributed by atoms with E-state index in [0.29, 0.717) is 16.8 Å². The molecule has 0 saturated heterocycles. The van der Waals surface area contributed by atoms with Crippen molar-refractivity contribution in [1.29, 1.82) is 0 Å². The quantitative estimate of drug-likeness (QED) is 0.545. The van der Waals surface area contributed by atoms with E-state index in [0.717, 1.165) is 0 Å². The summed E-state index contributed by atoms with van der Waals surface area (Å²) in [6.45, 7) is 1.75. The van der Waals surface area contributed by atoms with Crippen LogP contribution in [0.5, 0.6) is 0 Å². The maximum Gasteiger partial charge on any atom is 0.343 e. The molecule has 0 amide bonds. The molecule has 0 aliphatic heterocycles. The molecule has 0 unspecified atom stereocenters. The normalized spacial score (nSPS) is 10.3. The summed E-state index contributed by atoms with van der Waals surface area (Å²) in [6.07, 6.45) is 0.401. The van der Waals surface area contributed by atoms with Crippen molar-refractivity contribution in [2.75, 3.05) is 5.84 Å². The molecule has 0 atom stereocenters. The van der Waals surface area contributed by atoms with Crippen molar-refractivity contribution in [1.82, 2.24) is 9.24 Å². The average Bonchev–Trinajstić information content (AvgIpc) is 2.19. The first-order chi connectivity index (χ1) is 6.91. The number of nitrogens with two attached hydrogens (primary N) is 1. The third-order valence-corrected chi connectivity index (χ3v) is 2.64. The summed E-state index contributed by atoms with van der Waals surface area (Å²) in [7, 11) is 1.58. The van der Waals surface area contributed by atoms with Gasteiger partial charge < -0.3 is 15.5 Å². The molecular formula is C8H11N3O3S. The van der Waals surface area contributed by atoms with Crippen LogP contribution in [0, 0.1) is 4.77 Å². The minimum atomic E-state index is -1.29. The molecule has 15 heavy (non-hydrogen) atoms. The smallest absolute Gasteiger partial charge is 0.343 e. The van der Waals surface area contributed by atoms with Gasteiger partial charge in [0.1, 0.15) is 5.56 Å². The Hall–Kier alpha value is -1.63. The molecule has 0 fully saturated rings. The fourth-order valence-electron chi connectivity index (χ4n) is 1.40. The summed E-state index contributed by atoms with van der Waals surface area (Å²) < 4.78 is 2.19. The standard InChI is InChI=1S/C8H11N3O3S/c1-3-4-5(7(13)14)6(12)11(9)8(15)10(4)2/h3,9H2,1-2H3,(H,13,14). The van der Waals surface area contributed by atoms with Crippen LogP contribution in [-0.4, -0.2) is 20.3 Å². The largest absolute Gasteiger partial charge is 0.477 e. The third kappa shape index (κ3) is 1.65. The number of carbonyl (C=O) groups is 1. The van der Waals surface area contributed by atoms with Crippen LogP contribution in [0.4, 0.5) is 0 Å². The summed E-state index contributed by atoms with van der Waals surface area (Å²) in [5, 5.41) is 8.90. The van der Waals surface area contributed by atoms with Crippen LogP contribution in [0.3, 0.4) is 0 Å². The molecule has 0 saturated carbocycles. The molecule has 1 aromatic heterocycles. The lowest BCUT2D eigenvalue weighted by Gasteiger charge is -2.12. The Morgan fingerprint density at radius 3 is 2.53 bits per heavy atom. The Morgan fingerprint density at radius 1 is 1.60 bits per heavy atom. The number of aromatic nitrogens is 2. The third-order valence-electron chi connectivity index (χ3n) is 2.17. The van der Waals surface area contributed by atoms with E-state index in [1.54, 1.807) is 14.0 Å². The molecule has 3 N–H and O–H groups in total. The molecule has 7 heteroatoms. The Morgan fingerprint density at radius 2 is 2.13 bits per heavy atom. The fourth-order valence-corrected chi connectivity index (χ4v) is 1.60. The Bertz CT molecular complexity index is 529. The molecule has 6 nitrogen and oxygen atoms in total. The van der Waals surface area contributed by atoms with Gasteiger partial charge in [-0.15, -0.1) is 0 Å². The molecule has 0 aliphatic carbocycles. The first-order valence-corrected chi connectivity index (χ1v) is 4.65. The number of rotatable bonds is 2. The number of hydrogen-bond acceptors (Lipinski definition) is 4. The Labute approximate surface area is 90.5 Å². The maximum absolute atomic E-state index is 11.5. The van der Waals surface area contributed by atoms with Gasteiger partial charge in [-0.2, -0.15) is 4.68 Å². The highest BCUT2D eigenvalue weighted by atomic mass is 32.1. The van der Waals surface area contributed by atoms with Crippen LogP contribution < -0.4 is 11.4 Å². The summed E-state index contributed by atoms with van der Waals surface area (Å²) in [5.74, 6) is 4.07. The van der Waals surface area contributed by atoms with E-state index in [2.05, 4.69) is 0 Å². The lowest BCUT2D eigenvalue weighted by Crippen LogP contribution is -2.36. The number of aromatic carboxylic acids is 1. The van der Waals surface area contributed by atoms with E-state index in [4.69, 9.17) is 23.2 Å². The minimum Gasteiger partial charge on any atom is -0.477 e. The van der Waals surface area contributed by atoms with Crippen molar-refractivity contribution >= 4 is 18.2 Å². The van der Waals surface area contributed by atoms with Gasteiger partial charge in [0, 0.05) is 12.7 Å². The number of carboxylic acid groups (broad SMARTS) is 1. The van der Waals surface area contributed by atoms with Crippen molar-refractivity contribution in [2.24, 2.45) is 7.05 Å². The second-order valence-corrected chi connectivity index (χ2v) is 3.36. The fraction of sp³-hybridized carbons (Fsp3) is 0.375. The van der Waals surface area contributed by atoms with Crippen LogP contribution in [0.15, 0.2) is 4.79 Å². The van der Waals surface area contributed by atoms with Crippen molar-refractivity contribution in [3.8, 4) is 0 Å². The zero-order valence-electron chi connectivity index (χ0n) is 8.35. The molecule has 0 aromatic carbocycles. The second-order valence-electron chi connectivity index (χ2n) is 3.00.